The van der Waals surface area contributed by atoms with Gasteiger partial charge in [-0.25, -0.2) is 8.78 Å². The molecule has 0 unspecified atom stereocenters. The molecule has 0 spiro atoms. The van der Waals surface area contributed by atoms with Crippen molar-refractivity contribution in [3.05, 3.63) is 35.4 Å². The van der Waals surface area contributed by atoms with Crippen LogP contribution in [0.4, 0.5) is 8.78 Å². The molecular formula is C16H22F2N2O2. The number of carbonyl (C=O) groups excluding carboxylic acids is 2. The molecule has 1 aromatic carbocycles. The zero-order chi connectivity index (χ0) is 16.5. The topological polar surface area (TPSA) is 58.2 Å². The molecular weight excluding hydrogens is 290 g/mol. The van der Waals surface area contributed by atoms with E-state index < -0.39 is 17.5 Å². The number of hydrogen-bond donors (Lipinski definition) is 2. The van der Waals surface area contributed by atoms with E-state index in [1.165, 1.54) is 0 Å². The summed E-state index contributed by atoms with van der Waals surface area (Å²) in [6, 6.07) is 2.97. The Kier molecular flexibility index (Phi) is 7.49. The Bertz CT molecular complexity index is 517. The Hall–Kier alpha value is -1.98. The highest BCUT2D eigenvalue weighted by atomic mass is 19.1. The lowest BCUT2D eigenvalue weighted by Crippen LogP contribution is -2.34. The molecule has 0 aliphatic heterocycles. The van der Waals surface area contributed by atoms with E-state index in [4.69, 9.17) is 0 Å². The van der Waals surface area contributed by atoms with Crippen molar-refractivity contribution in [1.82, 2.24) is 10.6 Å². The summed E-state index contributed by atoms with van der Waals surface area (Å²) in [6.07, 6.45) is 2.51. The molecule has 0 radical (unpaired) electrons. The molecule has 22 heavy (non-hydrogen) atoms. The van der Waals surface area contributed by atoms with Gasteiger partial charge in [0.15, 0.2) is 0 Å². The van der Waals surface area contributed by atoms with Crippen LogP contribution in [0.2, 0.25) is 0 Å². The lowest BCUT2D eigenvalue weighted by molar-refractivity contribution is -0.121. The minimum absolute atomic E-state index is 0.0593. The second kappa shape index (κ2) is 9.12. The van der Waals surface area contributed by atoms with Crippen molar-refractivity contribution in [2.24, 2.45) is 0 Å². The zero-order valence-electron chi connectivity index (χ0n) is 12.9. The van der Waals surface area contributed by atoms with Crippen LogP contribution in [0.15, 0.2) is 18.2 Å². The second-order valence-corrected chi connectivity index (χ2v) is 5.06. The Morgan fingerprint density at radius 2 is 1.86 bits per heavy atom. The lowest BCUT2D eigenvalue weighted by Gasteiger charge is -2.14. The van der Waals surface area contributed by atoms with Gasteiger partial charge >= 0.3 is 0 Å². The van der Waals surface area contributed by atoms with E-state index in [0.717, 1.165) is 25.0 Å². The van der Waals surface area contributed by atoms with Crippen molar-refractivity contribution >= 4 is 11.8 Å². The summed E-state index contributed by atoms with van der Waals surface area (Å²) in [5.41, 5.74) is -0.206. The molecule has 0 saturated heterocycles. The summed E-state index contributed by atoms with van der Waals surface area (Å²) in [5, 5.41) is 5.41. The highest BCUT2D eigenvalue weighted by Gasteiger charge is 2.12. The highest BCUT2D eigenvalue weighted by molar-refractivity contribution is 5.94. The Morgan fingerprint density at radius 3 is 2.45 bits per heavy atom. The van der Waals surface area contributed by atoms with Gasteiger partial charge in [-0.15, -0.1) is 0 Å². The monoisotopic (exact) mass is 312 g/mol. The molecule has 0 aromatic heterocycles. The van der Waals surface area contributed by atoms with Gasteiger partial charge in [-0.2, -0.15) is 0 Å². The SMILES string of the molecule is CCC(CC)NC(=O)CCCNC(=O)c1ccc(F)cc1F. The van der Waals surface area contributed by atoms with Gasteiger partial charge in [-0.3, -0.25) is 9.59 Å². The fourth-order valence-electron chi connectivity index (χ4n) is 2.01. The van der Waals surface area contributed by atoms with Crippen LogP contribution < -0.4 is 10.6 Å². The third-order valence-corrected chi connectivity index (χ3v) is 3.39. The summed E-state index contributed by atoms with van der Waals surface area (Å²) >= 11 is 0. The fraction of sp³-hybridized carbons (Fsp3) is 0.500. The quantitative estimate of drug-likeness (QED) is 0.725. The van der Waals surface area contributed by atoms with Crippen LogP contribution in [0.3, 0.4) is 0 Å². The van der Waals surface area contributed by atoms with E-state index >= 15 is 0 Å². The summed E-state index contributed by atoms with van der Waals surface area (Å²) < 4.78 is 26.1. The molecule has 0 atom stereocenters. The van der Waals surface area contributed by atoms with E-state index in [0.29, 0.717) is 18.9 Å². The maximum Gasteiger partial charge on any atom is 0.254 e. The van der Waals surface area contributed by atoms with Gasteiger partial charge in [0.25, 0.3) is 5.91 Å². The first kappa shape index (κ1) is 18.1. The van der Waals surface area contributed by atoms with E-state index in [1.54, 1.807) is 0 Å². The minimum atomic E-state index is -0.899. The molecule has 122 valence electrons. The Labute approximate surface area is 129 Å². The average molecular weight is 312 g/mol. The van der Waals surface area contributed by atoms with Crippen molar-refractivity contribution in [3.63, 3.8) is 0 Å². The molecule has 0 saturated carbocycles. The lowest BCUT2D eigenvalue weighted by atomic mass is 10.1. The van der Waals surface area contributed by atoms with Crippen LogP contribution in [0.25, 0.3) is 0 Å². The second-order valence-electron chi connectivity index (χ2n) is 5.06. The maximum atomic E-state index is 13.4. The molecule has 4 nitrogen and oxygen atoms in total. The smallest absolute Gasteiger partial charge is 0.254 e. The number of benzene rings is 1. The number of hydrogen-bond acceptors (Lipinski definition) is 2. The molecule has 2 amide bonds. The van der Waals surface area contributed by atoms with Gasteiger partial charge < -0.3 is 10.6 Å². The molecule has 0 aliphatic carbocycles. The van der Waals surface area contributed by atoms with Gasteiger partial charge in [0.1, 0.15) is 11.6 Å². The predicted octanol–water partition coefficient (Wildman–Crippen LogP) is 2.78. The van der Waals surface area contributed by atoms with E-state index in [2.05, 4.69) is 10.6 Å². The highest BCUT2D eigenvalue weighted by Crippen LogP contribution is 2.09. The van der Waals surface area contributed by atoms with Crippen molar-refractivity contribution in [2.75, 3.05) is 6.54 Å². The van der Waals surface area contributed by atoms with Crippen LogP contribution in [0.1, 0.15) is 49.9 Å². The summed E-state index contributed by atoms with van der Waals surface area (Å²) in [6.45, 7) is 4.27. The molecule has 1 rings (SSSR count). The van der Waals surface area contributed by atoms with E-state index in [1.807, 2.05) is 13.8 Å². The maximum absolute atomic E-state index is 13.4. The van der Waals surface area contributed by atoms with Crippen molar-refractivity contribution in [2.45, 2.75) is 45.6 Å². The van der Waals surface area contributed by atoms with Crippen molar-refractivity contribution in [3.8, 4) is 0 Å². The van der Waals surface area contributed by atoms with Crippen molar-refractivity contribution in [1.29, 1.82) is 0 Å². The predicted molar refractivity (Wildman–Crippen MR) is 80.4 cm³/mol. The Morgan fingerprint density at radius 1 is 1.18 bits per heavy atom. The standard InChI is InChI=1S/C16H22F2N2O2/c1-3-12(4-2)20-15(21)6-5-9-19-16(22)13-8-7-11(17)10-14(13)18/h7-8,10,12H,3-6,9H2,1-2H3,(H,19,22)(H,20,21). The van der Waals surface area contributed by atoms with Crippen LogP contribution in [0, 0.1) is 11.6 Å². The zero-order valence-corrected chi connectivity index (χ0v) is 12.9. The van der Waals surface area contributed by atoms with E-state index in [9.17, 15) is 18.4 Å². The first-order valence-electron chi connectivity index (χ1n) is 7.50. The van der Waals surface area contributed by atoms with Crippen LogP contribution in [-0.4, -0.2) is 24.4 Å². The summed E-state index contributed by atoms with van der Waals surface area (Å²) in [5.74, 6) is -2.30. The molecule has 0 bridgehead atoms. The molecule has 0 heterocycles. The average Bonchev–Trinajstić information content (AvgIpc) is 2.48. The molecule has 6 heteroatoms. The van der Waals surface area contributed by atoms with Crippen molar-refractivity contribution < 1.29 is 18.4 Å². The van der Waals surface area contributed by atoms with E-state index in [-0.39, 0.29) is 24.1 Å². The fourth-order valence-corrected chi connectivity index (χ4v) is 2.01. The van der Waals surface area contributed by atoms with Gasteiger partial charge in [0.05, 0.1) is 5.56 Å². The first-order chi connectivity index (χ1) is 10.5. The third kappa shape index (κ3) is 5.79. The number of amides is 2. The van der Waals surface area contributed by atoms with Crippen LogP contribution >= 0.6 is 0 Å². The summed E-state index contributed by atoms with van der Waals surface area (Å²) in [4.78, 5) is 23.4. The van der Waals surface area contributed by atoms with Gasteiger partial charge in [-0.05, 0) is 31.4 Å². The van der Waals surface area contributed by atoms with Gasteiger partial charge in [0.2, 0.25) is 5.91 Å². The van der Waals surface area contributed by atoms with Crippen LogP contribution in [0.5, 0.6) is 0 Å². The first-order valence-corrected chi connectivity index (χ1v) is 7.50. The number of rotatable bonds is 8. The molecule has 0 fully saturated rings. The summed E-state index contributed by atoms with van der Waals surface area (Å²) in [7, 11) is 0. The normalized spacial score (nSPS) is 10.6. The van der Waals surface area contributed by atoms with Gasteiger partial charge in [0, 0.05) is 25.1 Å². The van der Waals surface area contributed by atoms with Gasteiger partial charge in [-0.1, -0.05) is 13.8 Å². The third-order valence-electron chi connectivity index (χ3n) is 3.39. The number of halogens is 2. The molecule has 2 N–H and O–H groups in total. The largest absolute Gasteiger partial charge is 0.353 e. The molecule has 0 aliphatic rings. The Balaban J connectivity index is 2.32. The number of carbonyl (C=O) groups is 2. The number of nitrogens with one attached hydrogen (secondary N) is 2. The minimum Gasteiger partial charge on any atom is -0.353 e. The molecule has 1 aromatic rings. The van der Waals surface area contributed by atoms with Crippen LogP contribution in [-0.2, 0) is 4.79 Å².